The Balaban J connectivity index is 1.30. The molecule has 0 saturated carbocycles. The Morgan fingerprint density at radius 1 is 0.829 bits per heavy atom. The van der Waals surface area contributed by atoms with Crippen LogP contribution in [-0.2, 0) is 23.8 Å². The minimum atomic E-state index is -4.58. The summed E-state index contributed by atoms with van der Waals surface area (Å²) in [4.78, 5) is 33.0. The van der Waals surface area contributed by atoms with E-state index in [9.17, 15) is 22.8 Å². The zero-order chi connectivity index (χ0) is 24.8. The number of rotatable bonds is 7. The predicted molar refractivity (Wildman–Crippen MR) is 127 cm³/mol. The second-order valence-corrected chi connectivity index (χ2v) is 8.55. The van der Waals surface area contributed by atoms with Crippen LogP contribution < -0.4 is 4.90 Å². The lowest BCUT2D eigenvalue weighted by Crippen LogP contribution is -2.49. The first-order valence-corrected chi connectivity index (χ1v) is 11.5. The zero-order valence-electron chi connectivity index (χ0n) is 19.2. The van der Waals surface area contributed by atoms with Crippen molar-refractivity contribution >= 4 is 17.5 Å². The standard InChI is InChI=1S/C27H26F3N3O2/c28-27(29,30)24-9-5-4-8-23(24)26(35)33-16-14-32(15-17-33)25-13-11-21(19-31-25)18-22(34)12-10-20-6-2-1-3-7-20/h1-9,11,13,19H,10,12,14-18H2. The van der Waals surface area contributed by atoms with Gasteiger partial charge in [-0.3, -0.25) is 9.59 Å². The van der Waals surface area contributed by atoms with Gasteiger partial charge in [-0.1, -0.05) is 48.5 Å². The largest absolute Gasteiger partial charge is 0.417 e. The van der Waals surface area contributed by atoms with Crippen molar-refractivity contribution in [1.82, 2.24) is 9.88 Å². The van der Waals surface area contributed by atoms with Crippen LogP contribution in [0.1, 0.15) is 33.5 Å². The number of hydrogen-bond donors (Lipinski definition) is 0. The van der Waals surface area contributed by atoms with Gasteiger partial charge < -0.3 is 9.80 Å². The highest BCUT2D eigenvalue weighted by Crippen LogP contribution is 2.32. The SMILES string of the molecule is O=C(CCc1ccccc1)Cc1ccc(N2CCN(C(=O)c3ccccc3C(F)(F)F)CC2)nc1. The molecule has 4 rings (SSSR count). The molecule has 0 N–H and O–H groups in total. The van der Waals surface area contributed by atoms with Gasteiger partial charge in [-0.15, -0.1) is 0 Å². The highest BCUT2D eigenvalue weighted by Gasteiger charge is 2.36. The molecule has 3 aromatic rings. The number of aromatic nitrogens is 1. The molecule has 182 valence electrons. The van der Waals surface area contributed by atoms with E-state index in [1.54, 1.807) is 6.20 Å². The number of hydrogen-bond acceptors (Lipinski definition) is 4. The maximum atomic E-state index is 13.3. The minimum Gasteiger partial charge on any atom is -0.353 e. The average molecular weight is 482 g/mol. The third kappa shape index (κ3) is 6.26. The normalized spacial score (nSPS) is 14.1. The molecular formula is C27H26F3N3O2. The Hall–Kier alpha value is -3.68. The second kappa shape index (κ2) is 10.7. The Morgan fingerprint density at radius 2 is 1.51 bits per heavy atom. The van der Waals surface area contributed by atoms with Crippen molar-refractivity contribution in [3.8, 4) is 0 Å². The summed E-state index contributed by atoms with van der Waals surface area (Å²) in [7, 11) is 0. The number of anilines is 1. The number of Topliss-reactive ketones (excluding diaryl/α,β-unsaturated/α-hetero) is 1. The van der Waals surface area contributed by atoms with Gasteiger partial charge in [0.1, 0.15) is 11.6 Å². The molecule has 8 heteroatoms. The number of ketones is 1. The minimum absolute atomic E-state index is 0.148. The lowest BCUT2D eigenvalue weighted by atomic mass is 10.0. The smallest absolute Gasteiger partial charge is 0.353 e. The molecule has 0 atom stereocenters. The molecule has 35 heavy (non-hydrogen) atoms. The Bertz CT molecular complexity index is 1160. The molecule has 1 amide bonds. The molecule has 0 radical (unpaired) electrons. The van der Waals surface area contributed by atoms with Gasteiger partial charge in [0.15, 0.2) is 0 Å². The van der Waals surface area contributed by atoms with Crippen molar-refractivity contribution in [2.24, 2.45) is 0 Å². The van der Waals surface area contributed by atoms with Crippen LogP contribution in [0.4, 0.5) is 19.0 Å². The number of amides is 1. The van der Waals surface area contributed by atoms with E-state index in [4.69, 9.17) is 0 Å². The number of aryl methyl sites for hydroxylation is 1. The summed E-state index contributed by atoms with van der Waals surface area (Å²) in [5.74, 6) is 0.248. The molecule has 0 bridgehead atoms. The van der Waals surface area contributed by atoms with Crippen LogP contribution in [-0.4, -0.2) is 47.8 Å². The van der Waals surface area contributed by atoms with E-state index < -0.39 is 17.6 Å². The van der Waals surface area contributed by atoms with Crippen molar-refractivity contribution in [3.63, 3.8) is 0 Å². The summed E-state index contributed by atoms with van der Waals surface area (Å²) < 4.78 is 39.9. The molecule has 1 aromatic heterocycles. The Labute approximate surface area is 202 Å². The van der Waals surface area contributed by atoms with Crippen molar-refractivity contribution < 1.29 is 22.8 Å². The number of carbonyl (C=O) groups excluding carboxylic acids is 2. The van der Waals surface area contributed by atoms with Gasteiger partial charge in [0.2, 0.25) is 0 Å². The molecule has 2 aromatic carbocycles. The van der Waals surface area contributed by atoms with Crippen LogP contribution >= 0.6 is 0 Å². The van der Waals surface area contributed by atoms with Gasteiger partial charge in [0.25, 0.3) is 5.91 Å². The first-order valence-electron chi connectivity index (χ1n) is 11.5. The molecule has 1 fully saturated rings. The van der Waals surface area contributed by atoms with Gasteiger partial charge >= 0.3 is 6.18 Å². The number of carbonyl (C=O) groups is 2. The van der Waals surface area contributed by atoms with E-state index in [1.807, 2.05) is 47.4 Å². The van der Waals surface area contributed by atoms with Gasteiger partial charge in [0.05, 0.1) is 11.1 Å². The number of benzene rings is 2. The first-order chi connectivity index (χ1) is 16.8. The highest BCUT2D eigenvalue weighted by atomic mass is 19.4. The highest BCUT2D eigenvalue weighted by molar-refractivity contribution is 5.96. The van der Waals surface area contributed by atoms with E-state index >= 15 is 0 Å². The van der Waals surface area contributed by atoms with Crippen LogP contribution in [0.15, 0.2) is 72.9 Å². The fourth-order valence-electron chi connectivity index (χ4n) is 4.18. The molecule has 1 aliphatic heterocycles. The lowest BCUT2D eigenvalue weighted by molar-refractivity contribution is -0.138. The number of piperazine rings is 1. The van der Waals surface area contributed by atoms with Crippen molar-refractivity contribution in [1.29, 1.82) is 0 Å². The molecule has 2 heterocycles. The second-order valence-electron chi connectivity index (χ2n) is 8.55. The summed E-state index contributed by atoms with van der Waals surface area (Å²) in [5.41, 5.74) is 0.731. The van der Waals surface area contributed by atoms with Gasteiger partial charge in [-0.2, -0.15) is 13.2 Å². The quantitative estimate of drug-likeness (QED) is 0.486. The third-order valence-corrected chi connectivity index (χ3v) is 6.10. The maximum absolute atomic E-state index is 13.3. The number of nitrogens with zero attached hydrogens (tertiary/aromatic N) is 3. The Morgan fingerprint density at radius 3 is 2.17 bits per heavy atom. The van der Waals surface area contributed by atoms with Gasteiger partial charge in [0, 0.05) is 45.2 Å². The van der Waals surface area contributed by atoms with Crippen molar-refractivity contribution in [2.75, 3.05) is 31.1 Å². The number of alkyl halides is 3. The fourth-order valence-corrected chi connectivity index (χ4v) is 4.18. The van der Waals surface area contributed by atoms with Crippen molar-refractivity contribution in [2.45, 2.75) is 25.4 Å². The maximum Gasteiger partial charge on any atom is 0.417 e. The third-order valence-electron chi connectivity index (χ3n) is 6.10. The first kappa shape index (κ1) is 24.4. The fraction of sp³-hybridized carbons (Fsp3) is 0.296. The molecule has 5 nitrogen and oxygen atoms in total. The van der Waals surface area contributed by atoms with Crippen LogP contribution in [0, 0.1) is 0 Å². The summed E-state index contributed by atoms with van der Waals surface area (Å²) in [5, 5.41) is 0. The lowest BCUT2D eigenvalue weighted by Gasteiger charge is -2.35. The van der Waals surface area contributed by atoms with Crippen LogP contribution in [0.5, 0.6) is 0 Å². The number of halogens is 3. The van der Waals surface area contributed by atoms with Gasteiger partial charge in [-0.05, 0) is 35.7 Å². The molecule has 0 unspecified atom stereocenters. The average Bonchev–Trinajstić information content (AvgIpc) is 2.88. The topological polar surface area (TPSA) is 53.5 Å². The van der Waals surface area contributed by atoms with Crippen LogP contribution in [0.2, 0.25) is 0 Å². The predicted octanol–water partition coefficient (Wildman–Crippen LogP) is 4.81. The molecular weight excluding hydrogens is 455 g/mol. The summed E-state index contributed by atoms with van der Waals surface area (Å²) in [6, 6.07) is 18.5. The zero-order valence-corrected chi connectivity index (χ0v) is 19.2. The Kier molecular flexibility index (Phi) is 7.48. The van der Waals surface area contributed by atoms with Crippen molar-refractivity contribution in [3.05, 3.63) is 95.2 Å². The van der Waals surface area contributed by atoms with E-state index in [2.05, 4.69) is 4.98 Å². The van der Waals surface area contributed by atoms with E-state index in [0.717, 1.165) is 17.2 Å². The molecule has 1 aliphatic rings. The summed E-state index contributed by atoms with van der Waals surface area (Å²) in [6.45, 7) is 1.52. The molecule has 1 saturated heterocycles. The van der Waals surface area contributed by atoms with E-state index in [0.29, 0.717) is 51.3 Å². The van der Waals surface area contributed by atoms with Gasteiger partial charge in [-0.25, -0.2) is 4.98 Å². The van der Waals surface area contributed by atoms with E-state index in [-0.39, 0.29) is 11.3 Å². The summed E-state index contributed by atoms with van der Waals surface area (Å²) in [6.07, 6.45) is -1.39. The summed E-state index contributed by atoms with van der Waals surface area (Å²) >= 11 is 0. The molecule has 0 aliphatic carbocycles. The number of pyridine rings is 1. The monoisotopic (exact) mass is 481 g/mol. The molecule has 0 spiro atoms. The van der Waals surface area contributed by atoms with E-state index in [1.165, 1.54) is 23.1 Å². The van der Waals surface area contributed by atoms with Crippen LogP contribution in [0.3, 0.4) is 0 Å². The van der Waals surface area contributed by atoms with Crippen LogP contribution in [0.25, 0.3) is 0 Å².